The van der Waals surface area contributed by atoms with E-state index in [4.69, 9.17) is 4.74 Å². The Hall–Kier alpha value is -2.48. The molecule has 1 saturated carbocycles. The number of hydrogen-bond donors (Lipinski definition) is 1. The van der Waals surface area contributed by atoms with Gasteiger partial charge in [-0.25, -0.2) is 4.79 Å². The minimum atomic E-state index is -0.414. The van der Waals surface area contributed by atoms with Crippen molar-refractivity contribution < 1.29 is 19.4 Å². The van der Waals surface area contributed by atoms with Crippen LogP contribution in [-0.2, 0) is 4.79 Å². The molecule has 0 unspecified atom stereocenters. The summed E-state index contributed by atoms with van der Waals surface area (Å²) in [5.41, 5.74) is 0.674. The third-order valence-electron chi connectivity index (χ3n) is 8.56. The van der Waals surface area contributed by atoms with E-state index in [1.165, 1.54) is 0 Å². The van der Waals surface area contributed by atoms with Crippen molar-refractivity contribution in [2.24, 2.45) is 5.41 Å². The number of anilines is 1. The van der Waals surface area contributed by atoms with Gasteiger partial charge in [-0.3, -0.25) is 4.79 Å². The number of nitrogens with zero attached hydrogens (tertiary/aromatic N) is 4. The fourth-order valence-corrected chi connectivity index (χ4v) is 6.57. The highest BCUT2D eigenvalue weighted by Gasteiger charge is 2.51. The van der Waals surface area contributed by atoms with Crippen molar-refractivity contribution in [3.63, 3.8) is 0 Å². The fourth-order valence-electron chi connectivity index (χ4n) is 6.57. The normalized spacial score (nSPS) is 29.7. The smallest absolute Gasteiger partial charge is 0.320 e. The Labute approximate surface area is 208 Å². The van der Waals surface area contributed by atoms with Crippen LogP contribution in [0.5, 0.6) is 5.75 Å². The van der Waals surface area contributed by atoms with Crippen molar-refractivity contribution in [1.29, 1.82) is 0 Å². The number of benzene rings is 1. The van der Waals surface area contributed by atoms with Crippen molar-refractivity contribution >= 4 is 17.6 Å². The molecule has 0 aromatic heterocycles. The van der Waals surface area contributed by atoms with Crippen LogP contribution in [0.3, 0.4) is 0 Å². The zero-order valence-corrected chi connectivity index (χ0v) is 21.0. The van der Waals surface area contributed by atoms with Gasteiger partial charge in [0.2, 0.25) is 5.91 Å². The lowest BCUT2D eigenvalue weighted by Crippen LogP contribution is -2.57. The molecule has 3 aliphatic heterocycles. The minimum absolute atomic E-state index is 0.0776. The van der Waals surface area contributed by atoms with Crippen LogP contribution in [0.1, 0.15) is 51.9 Å². The van der Waals surface area contributed by atoms with E-state index in [0.717, 1.165) is 82.6 Å². The number of ether oxygens (including phenoxy) is 1. The summed E-state index contributed by atoms with van der Waals surface area (Å²) in [7, 11) is 0. The number of aliphatic hydroxyl groups is 1. The molecule has 4 aliphatic rings. The van der Waals surface area contributed by atoms with Crippen molar-refractivity contribution in [2.45, 2.75) is 64.0 Å². The highest BCUT2D eigenvalue weighted by molar-refractivity contribution is 5.86. The Morgan fingerprint density at radius 3 is 2.49 bits per heavy atom. The van der Waals surface area contributed by atoms with Gasteiger partial charge < -0.3 is 29.4 Å². The lowest BCUT2D eigenvalue weighted by Gasteiger charge is -2.43. The number of aliphatic hydroxyl groups excluding tert-OH is 1. The Morgan fingerprint density at radius 2 is 1.74 bits per heavy atom. The summed E-state index contributed by atoms with van der Waals surface area (Å²) < 4.78 is 5.80. The predicted octanol–water partition coefficient (Wildman–Crippen LogP) is 2.95. The molecular weight excluding hydrogens is 444 g/mol. The molecule has 0 radical (unpaired) electrons. The second-order valence-corrected chi connectivity index (χ2v) is 10.7. The van der Waals surface area contributed by atoms with E-state index in [2.05, 4.69) is 15.9 Å². The van der Waals surface area contributed by atoms with Gasteiger partial charge in [-0.2, -0.15) is 0 Å². The topological polar surface area (TPSA) is 76.6 Å². The number of para-hydroxylation sites is 2. The molecule has 4 fully saturated rings. The quantitative estimate of drug-likeness (QED) is 0.711. The van der Waals surface area contributed by atoms with Gasteiger partial charge in [-0.15, -0.1) is 0 Å². The molecule has 3 amide bonds. The number of carbonyl (C=O) groups excluding carboxylic acids is 2. The average Bonchev–Trinajstić information content (AvgIpc) is 3.19. The summed E-state index contributed by atoms with van der Waals surface area (Å²) in [4.78, 5) is 35.3. The van der Waals surface area contributed by atoms with Gasteiger partial charge in [0.1, 0.15) is 5.75 Å². The molecule has 5 rings (SSSR count). The van der Waals surface area contributed by atoms with E-state index < -0.39 is 5.41 Å². The highest BCUT2D eigenvalue weighted by Crippen LogP contribution is 2.42. The first-order valence-electron chi connectivity index (χ1n) is 13.5. The van der Waals surface area contributed by atoms with E-state index in [1.807, 2.05) is 34.9 Å². The molecular formula is C27H40N4O4. The number of piperidine rings is 1. The van der Waals surface area contributed by atoms with Crippen LogP contribution in [0.2, 0.25) is 0 Å². The number of urea groups is 1. The molecule has 1 atom stereocenters. The van der Waals surface area contributed by atoms with Gasteiger partial charge >= 0.3 is 6.03 Å². The first-order chi connectivity index (χ1) is 17.0. The van der Waals surface area contributed by atoms with Crippen LogP contribution in [0.15, 0.2) is 24.3 Å². The second kappa shape index (κ2) is 10.2. The number of rotatable bonds is 4. The van der Waals surface area contributed by atoms with E-state index >= 15 is 0 Å². The van der Waals surface area contributed by atoms with Crippen LogP contribution in [0.25, 0.3) is 0 Å². The number of piperazine rings is 1. The summed E-state index contributed by atoms with van der Waals surface area (Å²) in [6, 6.07) is 8.43. The summed E-state index contributed by atoms with van der Waals surface area (Å²) in [6.45, 7) is 7.59. The lowest BCUT2D eigenvalue weighted by molar-refractivity contribution is -0.141. The fraction of sp³-hybridized carbons (Fsp3) is 0.704. The molecule has 1 aromatic carbocycles. The Balaban J connectivity index is 1.19. The molecule has 1 spiro atoms. The molecule has 3 heterocycles. The van der Waals surface area contributed by atoms with Crippen LogP contribution >= 0.6 is 0 Å². The summed E-state index contributed by atoms with van der Waals surface area (Å²) in [6.07, 6.45) is 5.75. The van der Waals surface area contributed by atoms with Gasteiger partial charge in [0.25, 0.3) is 0 Å². The molecule has 0 bridgehead atoms. The maximum absolute atomic E-state index is 13.6. The summed E-state index contributed by atoms with van der Waals surface area (Å²) in [5, 5.41) is 9.85. The van der Waals surface area contributed by atoms with E-state index in [1.54, 1.807) is 0 Å². The largest absolute Gasteiger partial charge is 0.492 e. The molecule has 8 nitrogen and oxygen atoms in total. The molecule has 3 saturated heterocycles. The van der Waals surface area contributed by atoms with Crippen molar-refractivity contribution in [3.05, 3.63) is 24.3 Å². The predicted molar refractivity (Wildman–Crippen MR) is 135 cm³/mol. The Bertz CT molecular complexity index is 910. The average molecular weight is 485 g/mol. The first kappa shape index (κ1) is 24.2. The number of likely N-dealkylation sites (tertiary alicyclic amines) is 2. The monoisotopic (exact) mass is 484 g/mol. The second-order valence-electron chi connectivity index (χ2n) is 10.7. The summed E-state index contributed by atoms with van der Waals surface area (Å²) >= 11 is 0. The van der Waals surface area contributed by atoms with Crippen LogP contribution in [0, 0.1) is 5.41 Å². The molecule has 8 heteroatoms. The van der Waals surface area contributed by atoms with Crippen LogP contribution < -0.4 is 9.64 Å². The zero-order chi connectivity index (χ0) is 24.4. The van der Waals surface area contributed by atoms with Crippen molar-refractivity contribution in [2.75, 3.05) is 57.3 Å². The standard InChI is InChI=1S/C27H40N4O4/c1-2-35-24-7-4-3-6-23(24)28-16-18-29(19-17-28)26(34)30-14-5-12-27(20-30)13-15-31(25(27)33)21-8-10-22(32)11-9-21/h3-4,6-7,21-22,32H,2,5,8-20H2,1H3/t21?,22?,27-/m1/s1. The van der Waals surface area contributed by atoms with E-state index in [-0.39, 0.29) is 24.1 Å². The van der Waals surface area contributed by atoms with Crippen LogP contribution in [0.4, 0.5) is 10.5 Å². The van der Waals surface area contributed by atoms with Gasteiger partial charge in [-0.05, 0) is 64.0 Å². The SMILES string of the molecule is CCOc1ccccc1N1CCN(C(=O)N2CCC[C@@]3(CCN(C4CCC(O)CC4)C3=O)C2)CC1. The summed E-state index contributed by atoms with van der Waals surface area (Å²) in [5.74, 6) is 1.14. The van der Waals surface area contributed by atoms with Crippen molar-refractivity contribution in [1.82, 2.24) is 14.7 Å². The minimum Gasteiger partial charge on any atom is -0.492 e. The maximum atomic E-state index is 13.6. The molecule has 192 valence electrons. The van der Waals surface area contributed by atoms with Gasteiger partial charge in [0, 0.05) is 51.9 Å². The molecule has 1 N–H and O–H groups in total. The van der Waals surface area contributed by atoms with Gasteiger partial charge in [-0.1, -0.05) is 12.1 Å². The maximum Gasteiger partial charge on any atom is 0.320 e. The first-order valence-corrected chi connectivity index (χ1v) is 13.5. The third kappa shape index (κ3) is 4.82. The van der Waals surface area contributed by atoms with Gasteiger partial charge in [0.15, 0.2) is 0 Å². The van der Waals surface area contributed by atoms with E-state index in [0.29, 0.717) is 26.2 Å². The number of carbonyl (C=O) groups is 2. The van der Waals surface area contributed by atoms with Crippen molar-refractivity contribution in [3.8, 4) is 5.75 Å². The number of amides is 3. The highest BCUT2D eigenvalue weighted by atomic mass is 16.5. The molecule has 1 aliphatic carbocycles. The zero-order valence-electron chi connectivity index (χ0n) is 21.0. The lowest BCUT2D eigenvalue weighted by atomic mass is 9.78. The Morgan fingerprint density at radius 1 is 1.00 bits per heavy atom. The van der Waals surface area contributed by atoms with Crippen LogP contribution in [-0.4, -0.2) is 96.3 Å². The Kier molecular flexibility index (Phi) is 7.09. The van der Waals surface area contributed by atoms with E-state index in [9.17, 15) is 14.7 Å². The number of hydrogen-bond acceptors (Lipinski definition) is 5. The third-order valence-corrected chi connectivity index (χ3v) is 8.56. The molecule has 1 aromatic rings. The van der Waals surface area contributed by atoms with Gasteiger partial charge in [0.05, 0.1) is 23.8 Å². The molecule has 35 heavy (non-hydrogen) atoms.